The topological polar surface area (TPSA) is 109 Å². The number of hydrogen-bond donors (Lipinski definition) is 2. The summed E-state index contributed by atoms with van der Waals surface area (Å²) in [6.45, 7) is 2.63. The maximum absolute atomic E-state index is 14.3. The molecule has 0 bridgehead atoms. The number of halogens is 4. The summed E-state index contributed by atoms with van der Waals surface area (Å²) in [5.41, 5.74) is -3.93. The van der Waals surface area contributed by atoms with Crippen LogP contribution in [0.4, 0.5) is 17.6 Å². The first-order valence-corrected chi connectivity index (χ1v) is 10.3. The van der Waals surface area contributed by atoms with Gasteiger partial charge in [0.05, 0.1) is 0 Å². The van der Waals surface area contributed by atoms with Gasteiger partial charge in [-0.15, -0.1) is 0 Å². The SMILES string of the molecule is Cc1ccc(-c2ccc(C)cc2C(F)(F)S(=O)(=O)O)c(C(F)(F)S(=O)(=O)O)c1. The van der Waals surface area contributed by atoms with Crippen LogP contribution in [0.15, 0.2) is 36.4 Å². The molecule has 2 aromatic rings. The molecule has 28 heavy (non-hydrogen) atoms. The second-order valence-electron chi connectivity index (χ2n) is 6.08. The second kappa shape index (κ2) is 6.79. The van der Waals surface area contributed by atoms with E-state index in [1.165, 1.54) is 26.0 Å². The van der Waals surface area contributed by atoms with Gasteiger partial charge in [0.25, 0.3) is 0 Å². The van der Waals surface area contributed by atoms with Gasteiger partial charge in [0.2, 0.25) is 0 Å². The minimum atomic E-state index is -5.98. The lowest BCUT2D eigenvalue weighted by Gasteiger charge is -2.22. The molecule has 0 unspecified atom stereocenters. The Bertz CT molecular complexity index is 1050. The Hall–Kier alpha value is -2.02. The predicted molar refractivity (Wildman–Crippen MR) is 92.2 cm³/mol. The van der Waals surface area contributed by atoms with Gasteiger partial charge in [-0.3, -0.25) is 9.11 Å². The highest BCUT2D eigenvalue weighted by molar-refractivity contribution is 7.86. The number of rotatable bonds is 5. The van der Waals surface area contributed by atoms with E-state index in [1.54, 1.807) is 0 Å². The quantitative estimate of drug-likeness (QED) is 0.538. The molecule has 6 nitrogen and oxygen atoms in total. The fourth-order valence-electron chi connectivity index (χ4n) is 2.55. The molecule has 0 saturated heterocycles. The van der Waals surface area contributed by atoms with E-state index in [-0.39, 0.29) is 11.1 Å². The molecule has 12 heteroatoms. The van der Waals surface area contributed by atoms with E-state index in [9.17, 15) is 34.4 Å². The molecule has 154 valence electrons. The van der Waals surface area contributed by atoms with E-state index in [2.05, 4.69) is 0 Å². The van der Waals surface area contributed by atoms with Crippen LogP contribution in [0.5, 0.6) is 0 Å². The van der Waals surface area contributed by atoms with Crippen LogP contribution < -0.4 is 0 Å². The zero-order chi connectivity index (χ0) is 21.7. The average Bonchev–Trinajstić information content (AvgIpc) is 2.53. The van der Waals surface area contributed by atoms with Gasteiger partial charge in [-0.25, -0.2) is 0 Å². The van der Waals surface area contributed by atoms with Gasteiger partial charge in [0, 0.05) is 11.1 Å². The molecule has 0 heterocycles. The molecule has 2 N–H and O–H groups in total. The number of benzene rings is 2. The van der Waals surface area contributed by atoms with Gasteiger partial charge in [0.1, 0.15) is 0 Å². The van der Waals surface area contributed by atoms with Gasteiger partial charge in [-0.2, -0.15) is 34.4 Å². The first-order valence-electron chi connectivity index (χ1n) is 7.42. The van der Waals surface area contributed by atoms with Crippen molar-refractivity contribution in [1.29, 1.82) is 0 Å². The normalized spacial score (nSPS) is 13.6. The monoisotopic (exact) mass is 442 g/mol. The average molecular weight is 442 g/mol. The van der Waals surface area contributed by atoms with E-state index in [4.69, 9.17) is 9.11 Å². The molecule has 0 aliphatic heterocycles. The summed E-state index contributed by atoms with van der Waals surface area (Å²) in [5.74, 6) is 0. The van der Waals surface area contributed by atoms with E-state index in [0.29, 0.717) is 12.1 Å². The molecule has 0 radical (unpaired) electrons. The van der Waals surface area contributed by atoms with Crippen molar-refractivity contribution in [3.05, 3.63) is 58.7 Å². The summed E-state index contributed by atoms with van der Waals surface area (Å²) in [6, 6.07) is 5.51. The van der Waals surface area contributed by atoms with Crippen molar-refractivity contribution in [3.8, 4) is 11.1 Å². The van der Waals surface area contributed by atoms with E-state index >= 15 is 0 Å². The molecule has 0 fully saturated rings. The summed E-state index contributed by atoms with van der Waals surface area (Å²) >= 11 is 0. The maximum atomic E-state index is 14.3. The molecule has 0 atom stereocenters. The Morgan fingerprint density at radius 1 is 0.679 bits per heavy atom. The lowest BCUT2D eigenvalue weighted by atomic mass is 9.93. The summed E-state index contributed by atoms with van der Waals surface area (Å²) in [6.07, 6.45) is 0. The molecule has 0 aliphatic rings. The molecule has 0 saturated carbocycles. The maximum Gasteiger partial charge on any atom is 0.395 e. The Balaban J connectivity index is 2.97. The number of alkyl halides is 4. The fraction of sp³-hybridized carbons (Fsp3) is 0.250. The third-order valence-electron chi connectivity index (χ3n) is 3.92. The Labute approximate surface area is 158 Å². The van der Waals surface area contributed by atoms with E-state index in [0.717, 1.165) is 12.1 Å². The second-order valence-corrected chi connectivity index (χ2v) is 9.01. The van der Waals surface area contributed by atoms with Crippen molar-refractivity contribution >= 4 is 20.2 Å². The Morgan fingerprint density at radius 2 is 0.964 bits per heavy atom. The van der Waals surface area contributed by atoms with Crippen LogP contribution in [-0.4, -0.2) is 25.9 Å². The first kappa shape index (κ1) is 22.3. The van der Waals surface area contributed by atoms with Crippen molar-refractivity contribution in [2.45, 2.75) is 24.4 Å². The van der Waals surface area contributed by atoms with Crippen LogP contribution in [0.1, 0.15) is 22.3 Å². The standard InChI is InChI=1S/C16H14F4O6S2/c1-9-3-5-11(13(7-9)15(17,18)27(21,22)23)12-6-4-10(2)8-14(12)16(19,20)28(24,25)26/h3-8H,1-2H3,(H,21,22,23)(H,24,25,26). The van der Waals surface area contributed by atoms with Crippen molar-refractivity contribution < 1.29 is 43.5 Å². The van der Waals surface area contributed by atoms with Crippen molar-refractivity contribution in [2.75, 3.05) is 0 Å². The largest absolute Gasteiger partial charge is 0.395 e. The van der Waals surface area contributed by atoms with Crippen LogP contribution in [0, 0.1) is 13.8 Å². The lowest BCUT2D eigenvalue weighted by molar-refractivity contribution is 0.0775. The predicted octanol–water partition coefficient (Wildman–Crippen LogP) is 3.84. The highest BCUT2D eigenvalue weighted by atomic mass is 32.2. The van der Waals surface area contributed by atoms with Gasteiger partial charge in [0.15, 0.2) is 0 Å². The molecule has 0 spiro atoms. The molecular weight excluding hydrogens is 428 g/mol. The van der Waals surface area contributed by atoms with Crippen LogP contribution in [0.3, 0.4) is 0 Å². The van der Waals surface area contributed by atoms with Crippen LogP contribution >= 0.6 is 0 Å². The van der Waals surface area contributed by atoms with Crippen LogP contribution in [0.2, 0.25) is 0 Å². The molecule has 0 amide bonds. The summed E-state index contributed by atoms with van der Waals surface area (Å²) in [5, 5.41) is -9.74. The third-order valence-corrected chi connectivity index (χ3v) is 5.65. The highest BCUT2D eigenvalue weighted by Gasteiger charge is 2.50. The summed E-state index contributed by atoms with van der Waals surface area (Å²) in [4.78, 5) is 0. The Kier molecular flexibility index (Phi) is 5.40. The zero-order valence-corrected chi connectivity index (χ0v) is 16.0. The summed E-state index contributed by atoms with van der Waals surface area (Å²) in [7, 11) is -12.0. The van der Waals surface area contributed by atoms with Gasteiger partial charge in [-0.05, 0) is 37.1 Å². The third kappa shape index (κ3) is 3.77. The van der Waals surface area contributed by atoms with Crippen LogP contribution in [-0.2, 0) is 30.7 Å². The van der Waals surface area contributed by atoms with E-state index < -0.39 is 53.0 Å². The number of aryl methyl sites for hydroxylation is 2. The summed E-state index contributed by atoms with van der Waals surface area (Å²) < 4.78 is 120. The minimum Gasteiger partial charge on any atom is -0.281 e. The van der Waals surface area contributed by atoms with Crippen molar-refractivity contribution in [1.82, 2.24) is 0 Å². The molecule has 0 aliphatic carbocycles. The fourth-order valence-corrected chi connectivity index (χ4v) is 3.44. The van der Waals surface area contributed by atoms with Gasteiger partial charge >= 0.3 is 30.7 Å². The number of hydrogen-bond acceptors (Lipinski definition) is 4. The van der Waals surface area contributed by atoms with Crippen LogP contribution in [0.25, 0.3) is 11.1 Å². The molecule has 2 rings (SSSR count). The minimum absolute atomic E-state index is 0.122. The van der Waals surface area contributed by atoms with E-state index in [1.807, 2.05) is 0 Å². The van der Waals surface area contributed by atoms with Gasteiger partial charge in [-0.1, -0.05) is 35.4 Å². The Morgan fingerprint density at radius 3 is 1.21 bits per heavy atom. The zero-order valence-electron chi connectivity index (χ0n) is 14.3. The lowest BCUT2D eigenvalue weighted by Crippen LogP contribution is -2.28. The molecule has 2 aromatic carbocycles. The smallest absolute Gasteiger partial charge is 0.281 e. The highest BCUT2D eigenvalue weighted by Crippen LogP contribution is 2.45. The molecular formula is C16H14F4O6S2. The van der Waals surface area contributed by atoms with Crippen molar-refractivity contribution in [2.24, 2.45) is 0 Å². The molecule has 0 aromatic heterocycles. The van der Waals surface area contributed by atoms with Gasteiger partial charge < -0.3 is 0 Å². The first-order chi connectivity index (χ1) is 12.5. The van der Waals surface area contributed by atoms with Crippen molar-refractivity contribution in [3.63, 3.8) is 0 Å².